The molecular weight excluding hydrogens is 321 g/mol. The lowest BCUT2D eigenvalue weighted by atomic mass is 10.2. The summed E-state index contributed by atoms with van der Waals surface area (Å²) < 4.78 is 0. The van der Waals surface area contributed by atoms with E-state index in [0.717, 1.165) is 16.8 Å². The van der Waals surface area contributed by atoms with E-state index >= 15 is 0 Å². The minimum Gasteiger partial charge on any atom is -0.376 e. The summed E-state index contributed by atoms with van der Waals surface area (Å²) in [4.78, 5) is 11.7. The number of hydrazone groups is 1. The van der Waals surface area contributed by atoms with Gasteiger partial charge in [-0.15, -0.1) is 0 Å². The Morgan fingerprint density at radius 3 is 2.77 bits per heavy atom. The highest BCUT2D eigenvalue weighted by Crippen LogP contribution is 2.22. The molecule has 0 atom stereocenters. The van der Waals surface area contributed by atoms with Gasteiger partial charge in [-0.05, 0) is 42.3 Å². The van der Waals surface area contributed by atoms with Crippen molar-refractivity contribution in [1.29, 1.82) is 0 Å². The molecular formula is C16H15Cl2N3O. The SMILES string of the molecule is Cc1c(Cl)cccc1NCC(=O)N/N=C/c1cccc(Cl)c1. The zero-order chi connectivity index (χ0) is 15.9. The number of hydrogen-bond acceptors (Lipinski definition) is 3. The van der Waals surface area contributed by atoms with Crippen molar-refractivity contribution in [3.05, 3.63) is 63.6 Å². The van der Waals surface area contributed by atoms with Crippen molar-refractivity contribution in [3.8, 4) is 0 Å². The molecule has 6 heteroatoms. The fourth-order valence-electron chi connectivity index (χ4n) is 1.78. The molecule has 0 radical (unpaired) electrons. The fourth-order valence-corrected chi connectivity index (χ4v) is 2.15. The fraction of sp³-hybridized carbons (Fsp3) is 0.125. The summed E-state index contributed by atoms with van der Waals surface area (Å²) in [5, 5.41) is 8.18. The second-order valence-electron chi connectivity index (χ2n) is 4.61. The normalized spacial score (nSPS) is 10.7. The van der Waals surface area contributed by atoms with Gasteiger partial charge in [0.2, 0.25) is 0 Å². The van der Waals surface area contributed by atoms with E-state index in [1.807, 2.05) is 31.2 Å². The van der Waals surface area contributed by atoms with Crippen LogP contribution < -0.4 is 10.7 Å². The third-order valence-electron chi connectivity index (χ3n) is 2.96. The topological polar surface area (TPSA) is 53.5 Å². The van der Waals surface area contributed by atoms with E-state index in [0.29, 0.717) is 10.0 Å². The molecule has 0 saturated heterocycles. The minimum absolute atomic E-state index is 0.105. The molecule has 0 aliphatic carbocycles. The average Bonchev–Trinajstić information content (AvgIpc) is 2.49. The summed E-state index contributed by atoms with van der Waals surface area (Å²) in [5.41, 5.74) is 4.98. The van der Waals surface area contributed by atoms with Gasteiger partial charge < -0.3 is 5.32 Å². The van der Waals surface area contributed by atoms with Crippen LogP contribution in [0.15, 0.2) is 47.6 Å². The van der Waals surface area contributed by atoms with Gasteiger partial charge in [0.1, 0.15) is 0 Å². The number of anilines is 1. The molecule has 2 rings (SSSR count). The van der Waals surface area contributed by atoms with Crippen molar-refractivity contribution in [3.63, 3.8) is 0 Å². The molecule has 0 fully saturated rings. The van der Waals surface area contributed by atoms with Crippen molar-refractivity contribution < 1.29 is 4.79 Å². The molecule has 1 amide bonds. The van der Waals surface area contributed by atoms with Gasteiger partial charge in [-0.3, -0.25) is 4.79 Å². The van der Waals surface area contributed by atoms with Crippen LogP contribution in [0.25, 0.3) is 0 Å². The lowest BCUT2D eigenvalue weighted by molar-refractivity contribution is -0.119. The molecule has 0 saturated carbocycles. The molecule has 0 aliphatic rings. The van der Waals surface area contributed by atoms with Crippen LogP contribution in [0.3, 0.4) is 0 Å². The molecule has 0 bridgehead atoms. The van der Waals surface area contributed by atoms with E-state index in [1.54, 1.807) is 18.2 Å². The van der Waals surface area contributed by atoms with Crippen LogP contribution >= 0.6 is 23.2 Å². The number of rotatable bonds is 5. The average molecular weight is 336 g/mol. The van der Waals surface area contributed by atoms with Crippen LogP contribution in [0, 0.1) is 6.92 Å². The smallest absolute Gasteiger partial charge is 0.259 e. The number of nitrogens with one attached hydrogen (secondary N) is 2. The molecule has 2 aromatic rings. The zero-order valence-electron chi connectivity index (χ0n) is 11.9. The quantitative estimate of drug-likeness (QED) is 0.643. The number of hydrogen-bond donors (Lipinski definition) is 2. The van der Waals surface area contributed by atoms with Gasteiger partial charge in [0.05, 0.1) is 12.8 Å². The second-order valence-corrected chi connectivity index (χ2v) is 5.46. The van der Waals surface area contributed by atoms with Gasteiger partial charge in [0, 0.05) is 15.7 Å². The van der Waals surface area contributed by atoms with Crippen molar-refractivity contribution in [2.24, 2.45) is 5.10 Å². The summed E-state index contributed by atoms with van der Waals surface area (Å²) in [6, 6.07) is 12.7. The van der Waals surface area contributed by atoms with Gasteiger partial charge in [0.15, 0.2) is 0 Å². The molecule has 0 spiro atoms. The predicted octanol–water partition coefficient (Wildman–Crippen LogP) is 3.86. The Labute approximate surface area is 139 Å². The Morgan fingerprint density at radius 2 is 2.00 bits per heavy atom. The molecule has 22 heavy (non-hydrogen) atoms. The van der Waals surface area contributed by atoms with Crippen LogP contribution in [0.4, 0.5) is 5.69 Å². The number of benzene rings is 2. The Balaban J connectivity index is 1.84. The van der Waals surface area contributed by atoms with E-state index in [1.165, 1.54) is 6.21 Å². The first-order chi connectivity index (χ1) is 10.6. The number of amides is 1. The summed E-state index contributed by atoms with van der Waals surface area (Å²) in [6.45, 7) is 1.99. The molecule has 0 heterocycles. The number of nitrogens with zero attached hydrogens (tertiary/aromatic N) is 1. The molecule has 0 aromatic heterocycles. The third-order valence-corrected chi connectivity index (χ3v) is 3.60. The predicted molar refractivity (Wildman–Crippen MR) is 91.9 cm³/mol. The van der Waals surface area contributed by atoms with Crippen molar-refractivity contribution in [1.82, 2.24) is 5.43 Å². The van der Waals surface area contributed by atoms with E-state index < -0.39 is 0 Å². The number of carbonyl (C=O) groups is 1. The Bertz CT molecular complexity index is 702. The van der Waals surface area contributed by atoms with E-state index in [9.17, 15) is 4.79 Å². The zero-order valence-corrected chi connectivity index (χ0v) is 13.4. The van der Waals surface area contributed by atoms with E-state index in [2.05, 4.69) is 15.8 Å². The first-order valence-electron chi connectivity index (χ1n) is 6.63. The van der Waals surface area contributed by atoms with Gasteiger partial charge in [-0.25, -0.2) is 5.43 Å². The van der Waals surface area contributed by atoms with Crippen LogP contribution in [-0.4, -0.2) is 18.7 Å². The third kappa shape index (κ3) is 4.76. The summed E-state index contributed by atoms with van der Waals surface area (Å²) >= 11 is 11.9. The van der Waals surface area contributed by atoms with Crippen LogP contribution in [0.5, 0.6) is 0 Å². The molecule has 2 N–H and O–H groups in total. The Morgan fingerprint density at radius 1 is 1.23 bits per heavy atom. The Kier molecular flexibility index (Phi) is 5.81. The summed E-state index contributed by atoms with van der Waals surface area (Å²) in [7, 11) is 0. The van der Waals surface area contributed by atoms with Crippen LogP contribution in [0.1, 0.15) is 11.1 Å². The van der Waals surface area contributed by atoms with Gasteiger partial charge in [-0.2, -0.15) is 5.10 Å². The summed E-state index contributed by atoms with van der Waals surface area (Å²) in [5.74, 6) is -0.252. The van der Waals surface area contributed by atoms with Crippen molar-refractivity contribution >= 4 is 41.0 Å². The molecule has 0 unspecified atom stereocenters. The highest BCUT2D eigenvalue weighted by molar-refractivity contribution is 6.31. The van der Waals surface area contributed by atoms with E-state index in [-0.39, 0.29) is 12.5 Å². The molecule has 4 nitrogen and oxygen atoms in total. The maximum absolute atomic E-state index is 11.7. The van der Waals surface area contributed by atoms with Crippen LogP contribution in [0.2, 0.25) is 10.0 Å². The number of carbonyl (C=O) groups excluding carboxylic acids is 1. The first kappa shape index (κ1) is 16.3. The van der Waals surface area contributed by atoms with Crippen LogP contribution in [-0.2, 0) is 4.79 Å². The molecule has 0 aliphatic heterocycles. The monoisotopic (exact) mass is 335 g/mol. The van der Waals surface area contributed by atoms with Gasteiger partial charge in [0.25, 0.3) is 5.91 Å². The highest BCUT2D eigenvalue weighted by atomic mass is 35.5. The standard InChI is InChI=1S/C16H15Cl2N3O/c1-11-14(18)6-3-7-15(11)19-10-16(22)21-20-9-12-4-2-5-13(17)8-12/h2-9,19H,10H2,1H3,(H,21,22)/b20-9+. The highest BCUT2D eigenvalue weighted by Gasteiger charge is 2.04. The summed E-state index contributed by atoms with van der Waals surface area (Å²) in [6.07, 6.45) is 1.54. The second kappa shape index (κ2) is 7.82. The minimum atomic E-state index is -0.252. The first-order valence-corrected chi connectivity index (χ1v) is 7.38. The van der Waals surface area contributed by atoms with Crippen molar-refractivity contribution in [2.75, 3.05) is 11.9 Å². The Hall–Kier alpha value is -2.04. The maximum Gasteiger partial charge on any atom is 0.259 e. The van der Waals surface area contributed by atoms with Crippen molar-refractivity contribution in [2.45, 2.75) is 6.92 Å². The molecule has 114 valence electrons. The van der Waals surface area contributed by atoms with Gasteiger partial charge in [-0.1, -0.05) is 41.4 Å². The lowest BCUT2D eigenvalue weighted by Crippen LogP contribution is -2.26. The number of halogens is 2. The lowest BCUT2D eigenvalue weighted by Gasteiger charge is -2.09. The largest absolute Gasteiger partial charge is 0.376 e. The van der Waals surface area contributed by atoms with Gasteiger partial charge >= 0.3 is 0 Å². The maximum atomic E-state index is 11.7. The van der Waals surface area contributed by atoms with E-state index in [4.69, 9.17) is 23.2 Å². The molecule has 2 aromatic carbocycles.